The average Bonchev–Trinajstić information content (AvgIpc) is 2.52. The van der Waals surface area contributed by atoms with Crippen molar-refractivity contribution in [3.8, 4) is 0 Å². The third kappa shape index (κ3) is 4.29. The van der Waals surface area contributed by atoms with Crippen LogP contribution in [-0.2, 0) is 9.53 Å². The Labute approximate surface area is 127 Å². The van der Waals surface area contributed by atoms with Crippen LogP contribution in [0.5, 0.6) is 0 Å². The zero-order valence-electron chi connectivity index (χ0n) is 13.3. The van der Waals surface area contributed by atoms with Crippen molar-refractivity contribution in [3.63, 3.8) is 0 Å². The Morgan fingerprint density at radius 1 is 1.43 bits per heavy atom. The molecule has 1 aliphatic heterocycles. The Morgan fingerprint density at radius 3 is 2.76 bits per heavy atom. The second-order valence-corrected chi connectivity index (χ2v) is 5.98. The molecule has 0 amide bonds. The maximum absolute atomic E-state index is 12.1. The predicted octanol–water partition coefficient (Wildman–Crippen LogP) is 1.97. The van der Waals surface area contributed by atoms with E-state index in [1.54, 1.807) is 0 Å². The molecule has 4 heteroatoms. The molecule has 2 atom stereocenters. The van der Waals surface area contributed by atoms with E-state index in [4.69, 9.17) is 4.74 Å². The highest BCUT2D eigenvalue weighted by Crippen LogP contribution is 2.21. The van der Waals surface area contributed by atoms with Crippen LogP contribution in [0.25, 0.3) is 0 Å². The van der Waals surface area contributed by atoms with Gasteiger partial charge in [0.25, 0.3) is 0 Å². The van der Waals surface area contributed by atoms with Crippen molar-refractivity contribution in [2.24, 2.45) is 0 Å². The Hall–Kier alpha value is -1.39. The first-order chi connectivity index (χ1) is 10.1. The fraction of sp³-hybridized carbons (Fsp3) is 0.588. The lowest BCUT2D eigenvalue weighted by Crippen LogP contribution is -2.46. The molecule has 21 heavy (non-hydrogen) atoms. The van der Waals surface area contributed by atoms with Crippen LogP contribution in [0.1, 0.15) is 24.3 Å². The summed E-state index contributed by atoms with van der Waals surface area (Å²) >= 11 is 0. The van der Waals surface area contributed by atoms with Gasteiger partial charge in [0, 0.05) is 19.1 Å². The molecule has 116 valence electrons. The molecule has 0 bridgehead atoms. The predicted molar refractivity (Wildman–Crippen MR) is 84.3 cm³/mol. The fourth-order valence-electron chi connectivity index (χ4n) is 3.08. The number of ether oxygens (including phenoxy) is 1. The van der Waals surface area contributed by atoms with E-state index in [0.717, 1.165) is 12.1 Å². The highest BCUT2D eigenvalue weighted by atomic mass is 16.5. The quantitative estimate of drug-likeness (QED) is 0.776. The number of carbonyl (C=O) groups excluding carboxylic acids is 1. The number of rotatable bonds is 5. The number of esters is 1. The molecule has 1 aromatic rings. The van der Waals surface area contributed by atoms with Gasteiger partial charge in [0.2, 0.25) is 0 Å². The summed E-state index contributed by atoms with van der Waals surface area (Å²) in [5.41, 5.74) is 1.03. The van der Waals surface area contributed by atoms with Gasteiger partial charge in [0.1, 0.15) is 0 Å². The van der Waals surface area contributed by atoms with Gasteiger partial charge in [0.05, 0.1) is 13.0 Å². The van der Waals surface area contributed by atoms with E-state index in [9.17, 15) is 4.79 Å². The van der Waals surface area contributed by atoms with E-state index < -0.39 is 0 Å². The molecule has 0 aliphatic carbocycles. The van der Waals surface area contributed by atoms with Gasteiger partial charge in [-0.25, -0.2) is 0 Å². The Balaban J connectivity index is 2.06. The number of carbonyl (C=O) groups is 1. The minimum atomic E-state index is -0.214. The van der Waals surface area contributed by atoms with Gasteiger partial charge < -0.3 is 14.5 Å². The summed E-state index contributed by atoms with van der Waals surface area (Å²) in [6.07, 6.45) is 2.42. The van der Waals surface area contributed by atoms with Crippen LogP contribution in [0.4, 0.5) is 0 Å². The summed E-state index contributed by atoms with van der Waals surface area (Å²) in [6.45, 7) is 2.94. The van der Waals surface area contributed by atoms with E-state index in [1.165, 1.54) is 26.5 Å². The molecule has 1 aromatic carbocycles. The first-order valence-corrected chi connectivity index (χ1v) is 7.63. The topological polar surface area (TPSA) is 32.8 Å². The number of nitrogens with zero attached hydrogens (tertiary/aromatic N) is 2. The number of benzene rings is 1. The zero-order chi connectivity index (χ0) is 15.2. The highest BCUT2D eigenvalue weighted by molar-refractivity contribution is 5.78. The first-order valence-electron chi connectivity index (χ1n) is 7.63. The van der Waals surface area contributed by atoms with Crippen LogP contribution in [0.2, 0.25) is 0 Å². The van der Waals surface area contributed by atoms with Crippen LogP contribution < -0.4 is 0 Å². The van der Waals surface area contributed by atoms with E-state index in [0.29, 0.717) is 12.6 Å². The molecule has 2 unspecified atom stereocenters. The van der Waals surface area contributed by atoms with Gasteiger partial charge in [-0.15, -0.1) is 0 Å². The number of methoxy groups -OCH3 is 1. The summed E-state index contributed by atoms with van der Waals surface area (Å²) in [5.74, 6) is -0.370. The molecule has 4 nitrogen and oxygen atoms in total. The third-order valence-electron chi connectivity index (χ3n) is 4.38. The van der Waals surface area contributed by atoms with E-state index >= 15 is 0 Å². The molecule has 1 fully saturated rings. The second kappa shape index (κ2) is 7.57. The molecule has 0 saturated carbocycles. The maximum Gasteiger partial charge on any atom is 0.314 e. The number of likely N-dealkylation sites (N-methyl/N-ethyl adjacent to an activating group) is 2. The van der Waals surface area contributed by atoms with E-state index in [1.807, 2.05) is 30.3 Å². The molecule has 1 saturated heterocycles. The normalized spacial score (nSPS) is 21.2. The largest absolute Gasteiger partial charge is 0.469 e. The van der Waals surface area contributed by atoms with Crippen molar-refractivity contribution < 1.29 is 9.53 Å². The van der Waals surface area contributed by atoms with Crippen molar-refractivity contribution in [1.82, 2.24) is 9.80 Å². The monoisotopic (exact) mass is 290 g/mol. The van der Waals surface area contributed by atoms with Gasteiger partial charge in [0.15, 0.2) is 0 Å². The average molecular weight is 290 g/mol. The molecule has 0 aromatic heterocycles. The van der Waals surface area contributed by atoms with Gasteiger partial charge in [-0.2, -0.15) is 0 Å². The van der Waals surface area contributed by atoms with Gasteiger partial charge in [-0.1, -0.05) is 30.3 Å². The number of piperidine rings is 1. The molecule has 1 aliphatic rings. The molecule has 0 radical (unpaired) electrons. The van der Waals surface area contributed by atoms with Crippen LogP contribution in [0, 0.1) is 0 Å². The van der Waals surface area contributed by atoms with Crippen LogP contribution in [-0.4, -0.2) is 62.7 Å². The van der Waals surface area contributed by atoms with Gasteiger partial charge in [-0.3, -0.25) is 4.79 Å². The van der Waals surface area contributed by atoms with Crippen LogP contribution >= 0.6 is 0 Å². The summed E-state index contributed by atoms with van der Waals surface area (Å²) in [5, 5.41) is 0. The summed E-state index contributed by atoms with van der Waals surface area (Å²) in [7, 11) is 5.74. The Morgan fingerprint density at radius 2 is 2.14 bits per heavy atom. The molecular formula is C17H26N2O2. The van der Waals surface area contributed by atoms with Gasteiger partial charge >= 0.3 is 5.97 Å². The summed E-state index contributed by atoms with van der Waals surface area (Å²) in [4.78, 5) is 16.8. The van der Waals surface area contributed by atoms with Crippen molar-refractivity contribution in [3.05, 3.63) is 35.9 Å². The lowest BCUT2D eigenvalue weighted by atomic mass is 9.97. The standard InChI is InChI=1S/C17H26N2O2/c1-18-11-7-10-15(12-18)19(2)13-16(17(20)21-3)14-8-5-4-6-9-14/h4-6,8-9,15-16H,7,10-13H2,1-3H3. The third-order valence-corrected chi connectivity index (χ3v) is 4.38. The van der Waals surface area contributed by atoms with Crippen molar-refractivity contribution >= 4 is 5.97 Å². The van der Waals surface area contributed by atoms with Gasteiger partial charge in [-0.05, 0) is 39.0 Å². The second-order valence-electron chi connectivity index (χ2n) is 5.98. The van der Waals surface area contributed by atoms with Crippen molar-refractivity contribution in [1.29, 1.82) is 0 Å². The summed E-state index contributed by atoms with van der Waals surface area (Å²) in [6, 6.07) is 10.4. The molecule has 0 spiro atoms. The highest BCUT2D eigenvalue weighted by Gasteiger charge is 2.27. The van der Waals surface area contributed by atoms with Crippen molar-refractivity contribution in [2.75, 3.05) is 40.8 Å². The van der Waals surface area contributed by atoms with Crippen LogP contribution in [0.3, 0.4) is 0 Å². The van der Waals surface area contributed by atoms with E-state index in [-0.39, 0.29) is 11.9 Å². The van der Waals surface area contributed by atoms with Crippen LogP contribution in [0.15, 0.2) is 30.3 Å². The minimum absolute atomic E-state index is 0.155. The molecular weight excluding hydrogens is 264 g/mol. The lowest BCUT2D eigenvalue weighted by Gasteiger charge is -2.37. The molecule has 0 N–H and O–H groups in total. The number of hydrogen-bond donors (Lipinski definition) is 0. The SMILES string of the molecule is COC(=O)C(CN(C)C1CCCN(C)C1)c1ccccc1. The molecule has 2 rings (SSSR count). The number of hydrogen-bond acceptors (Lipinski definition) is 4. The smallest absolute Gasteiger partial charge is 0.314 e. The number of likely N-dealkylation sites (tertiary alicyclic amines) is 1. The minimum Gasteiger partial charge on any atom is -0.469 e. The fourth-order valence-corrected chi connectivity index (χ4v) is 3.08. The summed E-state index contributed by atoms with van der Waals surface area (Å²) < 4.78 is 5.00. The maximum atomic E-state index is 12.1. The Bertz CT molecular complexity index is 449. The molecule has 1 heterocycles. The zero-order valence-corrected chi connectivity index (χ0v) is 13.3. The van der Waals surface area contributed by atoms with E-state index in [2.05, 4.69) is 23.9 Å². The lowest BCUT2D eigenvalue weighted by molar-refractivity contribution is -0.143. The van der Waals surface area contributed by atoms with Crippen molar-refractivity contribution in [2.45, 2.75) is 24.8 Å². The first kappa shape index (κ1) is 16.0. The Kier molecular flexibility index (Phi) is 5.76.